The van der Waals surface area contributed by atoms with Crippen molar-refractivity contribution in [2.24, 2.45) is 5.92 Å². The molecule has 0 radical (unpaired) electrons. The lowest BCUT2D eigenvalue weighted by Gasteiger charge is -2.27. The molecule has 2 aromatic carbocycles. The molecule has 0 spiro atoms. The Labute approximate surface area is 227 Å². The van der Waals surface area contributed by atoms with Crippen LogP contribution in [0.2, 0.25) is 0 Å². The number of anilines is 1. The molecule has 0 aliphatic carbocycles. The molecule has 7 nitrogen and oxygen atoms in total. The van der Waals surface area contributed by atoms with E-state index in [-0.39, 0.29) is 11.8 Å². The fourth-order valence-electron chi connectivity index (χ4n) is 5.30. The van der Waals surface area contributed by atoms with Gasteiger partial charge >= 0.3 is 0 Å². The molecule has 204 valence electrons. The van der Waals surface area contributed by atoms with E-state index in [9.17, 15) is 9.59 Å². The van der Waals surface area contributed by atoms with Gasteiger partial charge < -0.3 is 19.7 Å². The number of aromatic nitrogens is 2. The Morgan fingerprint density at radius 3 is 2.50 bits per heavy atom. The predicted molar refractivity (Wildman–Crippen MR) is 154 cm³/mol. The molecule has 1 N–H and O–H groups in total. The van der Waals surface area contributed by atoms with E-state index >= 15 is 0 Å². The number of aryl methyl sites for hydroxylation is 1. The lowest BCUT2D eigenvalue weighted by atomic mass is 10.1. The minimum Gasteiger partial charge on any atom is -0.341 e. The van der Waals surface area contributed by atoms with Crippen LogP contribution in [-0.2, 0) is 22.7 Å². The Morgan fingerprint density at radius 2 is 1.71 bits per heavy atom. The van der Waals surface area contributed by atoms with Gasteiger partial charge in [0.1, 0.15) is 5.82 Å². The topological polar surface area (TPSA) is 70.5 Å². The molecule has 2 amide bonds. The number of fused-ring (bicyclic) bond motifs is 2. The van der Waals surface area contributed by atoms with Crippen LogP contribution >= 0.6 is 0 Å². The van der Waals surface area contributed by atoms with Crippen LogP contribution < -0.4 is 10.2 Å². The largest absolute Gasteiger partial charge is 0.341 e. The smallest absolute Gasteiger partial charge is 0.227 e. The van der Waals surface area contributed by atoms with E-state index in [2.05, 4.69) is 55.8 Å². The van der Waals surface area contributed by atoms with Gasteiger partial charge in [-0.15, -0.1) is 0 Å². The van der Waals surface area contributed by atoms with Crippen molar-refractivity contribution in [1.29, 1.82) is 0 Å². The minimum atomic E-state index is 0.151. The lowest BCUT2D eigenvalue weighted by Crippen LogP contribution is -2.39. The molecule has 1 aliphatic rings. The molecule has 0 saturated heterocycles. The van der Waals surface area contributed by atoms with Gasteiger partial charge in [-0.25, -0.2) is 4.98 Å². The van der Waals surface area contributed by atoms with Crippen molar-refractivity contribution >= 4 is 28.5 Å². The molecule has 4 rings (SSSR count). The Bertz CT molecular complexity index is 1230. The average Bonchev–Trinajstić information content (AvgIpc) is 3.24. The summed E-state index contributed by atoms with van der Waals surface area (Å²) < 4.78 is 2.27. The van der Waals surface area contributed by atoms with Crippen molar-refractivity contribution in [2.75, 3.05) is 31.1 Å². The standard InChI is InChI=1S/C31H43N5O2/c1-23(2)21-30(38)35-19-10-17-34(20-16-32-22-25-11-5-7-13-27(25)35)29(37)15-9-18-36-28-14-8-6-12-26(28)33-31(36)24(3)4/h5-8,11-14,23-24,32H,9-10,15-22H2,1-4H3. The SMILES string of the molecule is CC(C)CC(=O)N1CCCN(C(=O)CCCn2c(C(C)C)nc3ccccc32)CCNCc2ccccc21. The summed E-state index contributed by atoms with van der Waals surface area (Å²) in [4.78, 5) is 35.2. The van der Waals surface area contributed by atoms with E-state index < -0.39 is 0 Å². The van der Waals surface area contributed by atoms with Crippen LogP contribution in [0.15, 0.2) is 48.5 Å². The molecule has 0 saturated carbocycles. The third-order valence-electron chi connectivity index (χ3n) is 7.18. The maximum atomic E-state index is 13.3. The van der Waals surface area contributed by atoms with Crippen LogP contribution in [0, 0.1) is 5.92 Å². The molecule has 38 heavy (non-hydrogen) atoms. The van der Waals surface area contributed by atoms with Crippen molar-refractivity contribution < 1.29 is 9.59 Å². The molecule has 3 aromatic rings. The normalized spacial score (nSPS) is 15.1. The van der Waals surface area contributed by atoms with Gasteiger partial charge in [0.25, 0.3) is 0 Å². The van der Waals surface area contributed by atoms with E-state index in [4.69, 9.17) is 4.98 Å². The van der Waals surface area contributed by atoms with Gasteiger partial charge in [-0.1, -0.05) is 58.0 Å². The molecule has 0 fully saturated rings. The van der Waals surface area contributed by atoms with Gasteiger partial charge in [0.05, 0.1) is 11.0 Å². The van der Waals surface area contributed by atoms with Crippen molar-refractivity contribution in [3.05, 3.63) is 59.9 Å². The minimum absolute atomic E-state index is 0.151. The summed E-state index contributed by atoms with van der Waals surface area (Å²) in [7, 11) is 0. The fourth-order valence-corrected chi connectivity index (χ4v) is 5.30. The van der Waals surface area contributed by atoms with E-state index in [1.807, 2.05) is 40.1 Å². The van der Waals surface area contributed by atoms with Crippen LogP contribution in [0.4, 0.5) is 5.69 Å². The van der Waals surface area contributed by atoms with E-state index in [0.717, 1.165) is 54.0 Å². The van der Waals surface area contributed by atoms with Crippen molar-refractivity contribution in [1.82, 2.24) is 19.8 Å². The summed E-state index contributed by atoms with van der Waals surface area (Å²) in [5.41, 5.74) is 4.25. The Kier molecular flexibility index (Phi) is 9.56. The highest BCUT2D eigenvalue weighted by molar-refractivity contribution is 5.94. The molecule has 1 aromatic heterocycles. The second-order valence-corrected chi connectivity index (χ2v) is 11.1. The number of amides is 2. The Morgan fingerprint density at radius 1 is 0.947 bits per heavy atom. The maximum absolute atomic E-state index is 13.3. The highest BCUT2D eigenvalue weighted by atomic mass is 16.2. The number of nitrogens with one attached hydrogen (secondary N) is 1. The number of carbonyl (C=O) groups excluding carboxylic acids is 2. The number of benzene rings is 2. The number of para-hydroxylation sites is 3. The average molecular weight is 518 g/mol. The third-order valence-corrected chi connectivity index (χ3v) is 7.18. The fraction of sp³-hybridized carbons (Fsp3) is 0.516. The summed E-state index contributed by atoms with van der Waals surface area (Å²) in [5, 5.41) is 3.50. The van der Waals surface area contributed by atoms with Gasteiger partial charge in [0.2, 0.25) is 11.8 Å². The summed E-state index contributed by atoms with van der Waals surface area (Å²) >= 11 is 0. The number of imidazole rings is 1. The van der Waals surface area contributed by atoms with Crippen molar-refractivity contribution in [3.8, 4) is 0 Å². The molecule has 0 atom stereocenters. The summed E-state index contributed by atoms with van der Waals surface area (Å²) in [6, 6.07) is 16.4. The van der Waals surface area contributed by atoms with Crippen LogP contribution in [0.5, 0.6) is 0 Å². The number of carbonyl (C=O) groups is 2. The second kappa shape index (κ2) is 13.1. The third kappa shape index (κ3) is 6.81. The van der Waals surface area contributed by atoms with Crippen molar-refractivity contribution in [2.45, 2.75) is 72.4 Å². The highest BCUT2D eigenvalue weighted by Crippen LogP contribution is 2.24. The molecule has 0 unspecified atom stereocenters. The van der Waals surface area contributed by atoms with Crippen LogP contribution in [0.3, 0.4) is 0 Å². The zero-order valence-corrected chi connectivity index (χ0v) is 23.4. The van der Waals surface area contributed by atoms with Gasteiger partial charge in [0.15, 0.2) is 0 Å². The first-order valence-corrected chi connectivity index (χ1v) is 14.2. The van der Waals surface area contributed by atoms with E-state index in [1.54, 1.807) is 0 Å². The molecular formula is C31H43N5O2. The first kappa shape index (κ1) is 27.8. The lowest BCUT2D eigenvalue weighted by molar-refractivity contribution is -0.131. The van der Waals surface area contributed by atoms with E-state index in [1.165, 1.54) is 0 Å². The molecule has 2 heterocycles. The van der Waals surface area contributed by atoms with Crippen LogP contribution in [-0.4, -0.2) is 52.4 Å². The first-order chi connectivity index (χ1) is 18.3. The molecular weight excluding hydrogens is 474 g/mol. The molecule has 1 aliphatic heterocycles. The van der Waals surface area contributed by atoms with Crippen LogP contribution in [0.1, 0.15) is 70.7 Å². The van der Waals surface area contributed by atoms with Crippen molar-refractivity contribution in [3.63, 3.8) is 0 Å². The van der Waals surface area contributed by atoms with Gasteiger partial charge in [-0.2, -0.15) is 0 Å². The highest BCUT2D eigenvalue weighted by Gasteiger charge is 2.22. The summed E-state index contributed by atoms with van der Waals surface area (Å²) in [5.74, 6) is 2.02. The molecule has 0 bridgehead atoms. The predicted octanol–water partition coefficient (Wildman–Crippen LogP) is 5.34. The number of rotatable bonds is 7. The summed E-state index contributed by atoms with van der Waals surface area (Å²) in [6.45, 7) is 12.6. The maximum Gasteiger partial charge on any atom is 0.227 e. The number of nitrogens with zero attached hydrogens (tertiary/aromatic N) is 4. The Hall–Kier alpha value is -3.19. The first-order valence-electron chi connectivity index (χ1n) is 14.2. The van der Waals surface area contributed by atoms with E-state index in [0.29, 0.717) is 50.9 Å². The zero-order valence-electron chi connectivity index (χ0n) is 23.4. The monoisotopic (exact) mass is 517 g/mol. The zero-order chi connectivity index (χ0) is 27.1. The van der Waals surface area contributed by atoms with Gasteiger partial charge in [0, 0.05) is 63.7 Å². The van der Waals surface area contributed by atoms with Crippen LogP contribution in [0.25, 0.3) is 11.0 Å². The quantitative estimate of drug-likeness (QED) is 0.459. The summed E-state index contributed by atoms with van der Waals surface area (Å²) in [6.07, 6.45) is 2.55. The second-order valence-electron chi connectivity index (χ2n) is 11.1. The molecule has 7 heteroatoms. The van der Waals surface area contributed by atoms with Gasteiger partial charge in [-0.3, -0.25) is 9.59 Å². The number of hydrogen-bond donors (Lipinski definition) is 1. The Balaban J connectivity index is 1.41. The number of hydrogen-bond acceptors (Lipinski definition) is 4. The van der Waals surface area contributed by atoms with Gasteiger partial charge in [-0.05, 0) is 42.5 Å².